The molecule has 2 unspecified atom stereocenters. The highest BCUT2D eigenvalue weighted by molar-refractivity contribution is 7.47. The molecule has 23 heavy (non-hydrogen) atoms. The van der Waals surface area contributed by atoms with Gasteiger partial charge in [-0.25, -0.2) is 4.79 Å². The predicted molar refractivity (Wildman–Crippen MR) is 93.0 cm³/mol. The van der Waals surface area contributed by atoms with Gasteiger partial charge in [-0.3, -0.25) is 0 Å². The molecule has 4 N–H and O–H groups in total. The van der Waals surface area contributed by atoms with Gasteiger partial charge in [-0.1, -0.05) is 49.8 Å². The summed E-state index contributed by atoms with van der Waals surface area (Å²) >= 11 is 0. The lowest BCUT2D eigenvalue weighted by atomic mass is 9.90. The summed E-state index contributed by atoms with van der Waals surface area (Å²) in [5, 5.41) is 17.0. The molecule has 0 aliphatic rings. The van der Waals surface area contributed by atoms with Crippen LogP contribution in [0.15, 0.2) is 42.0 Å². The summed E-state index contributed by atoms with van der Waals surface area (Å²) in [5.74, 6) is -1.04. The van der Waals surface area contributed by atoms with Crippen molar-refractivity contribution >= 4 is 20.1 Å². The van der Waals surface area contributed by atoms with Crippen molar-refractivity contribution in [3.05, 3.63) is 47.5 Å². The maximum absolute atomic E-state index is 11.5. The van der Waals surface area contributed by atoms with Gasteiger partial charge in [0.1, 0.15) is 0 Å². The molecule has 0 radical (unpaired) electrons. The van der Waals surface area contributed by atoms with Crippen LogP contribution in [-0.2, 0) is 4.79 Å². The minimum absolute atomic E-state index is 0.0542. The summed E-state index contributed by atoms with van der Waals surface area (Å²) < 4.78 is 0. The van der Waals surface area contributed by atoms with E-state index in [4.69, 9.17) is 5.41 Å². The monoisotopic (exact) mass is 337 g/mol. The fourth-order valence-electron chi connectivity index (χ4n) is 2.61. The van der Waals surface area contributed by atoms with E-state index in [0.29, 0.717) is 6.42 Å². The summed E-state index contributed by atoms with van der Waals surface area (Å²) in [6.45, 7) is 3.47. The van der Waals surface area contributed by atoms with Crippen molar-refractivity contribution in [2.24, 2.45) is 0 Å². The Labute approximate surface area is 138 Å². The fraction of sp³-hybridized carbons (Fsp3) is 0.412. The van der Waals surface area contributed by atoms with Crippen LogP contribution in [0.4, 0.5) is 0 Å². The number of nitrogens with one attached hydrogen (secondary N) is 1. The normalized spacial score (nSPS) is 14.6. The maximum atomic E-state index is 11.5. The highest BCUT2D eigenvalue weighted by Crippen LogP contribution is 2.37. The van der Waals surface area contributed by atoms with E-state index >= 15 is 0 Å². The Morgan fingerprint density at radius 3 is 2.35 bits per heavy atom. The second-order valence-electron chi connectivity index (χ2n) is 5.50. The summed E-state index contributed by atoms with van der Waals surface area (Å²) in [5.41, 5.74) is -0.165. The molecular formula is C17H24NO4P. The Morgan fingerprint density at radius 1 is 1.30 bits per heavy atom. The van der Waals surface area contributed by atoms with E-state index in [1.54, 1.807) is 6.08 Å². The van der Waals surface area contributed by atoms with Crippen LogP contribution >= 0.6 is 8.38 Å². The summed E-state index contributed by atoms with van der Waals surface area (Å²) in [6, 6.07) is 9.86. The van der Waals surface area contributed by atoms with Gasteiger partial charge in [-0.15, -0.1) is 0 Å². The molecule has 0 aliphatic carbocycles. The van der Waals surface area contributed by atoms with Crippen molar-refractivity contribution in [1.29, 1.82) is 5.41 Å². The van der Waals surface area contributed by atoms with Crippen molar-refractivity contribution in [2.75, 3.05) is 0 Å². The Hall–Kier alpha value is -1.55. The third-order valence-corrected chi connectivity index (χ3v) is 4.84. The lowest BCUT2D eigenvalue weighted by Gasteiger charge is -2.19. The lowest BCUT2D eigenvalue weighted by molar-refractivity contribution is -0.132. The topological polar surface area (TPSA) is 102 Å². The van der Waals surface area contributed by atoms with Gasteiger partial charge in [0.05, 0.1) is 11.2 Å². The van der Waals surface area contributed by atoms with Gasteiger partial charge in [0, 0.05) is 5.71 Å². The number of rotatable bonds is 9. The average Bonchev–Trinajstić information content (AvgIpc) is 2.49. The van der Waals surface area contributed by atoms with E-state index in [0.717, 1.165) is 18.4 Å². The van der Waals surface area contributed by atoms with Gasteiger partial charge in [-0.2, -0.15) is 0 Å². The third kappa shape index (κ3) is 5.87. The molecular weight excluding hydrogens is 313 g/mol. The minimum atomic E-state index is -2.54. The molecule has 5 nitrogen and oxygen atoms in total. The van der Waals surface area contributed by atoms with Gasteiger partial charge in [0.15, 0.2) is 8.38 Å². The summed E-state index contributed by atoms with van der Waals surface area (Å²) in [6.07, 6.45) is 3.91. The molecule has 6 heteroatoms. The van der Waals surface area contributed by atoms with Crippen molar-refractivity contribution in [3.63, 3.8) is 0 Å². The number of hydrogen-bond donors (Lipinski definition) is 4. The molecule has 126 valence electrons. The molecule has 0 aliphatic heterocycles. The predicted octanol–water partition coefficient (Wildman–Crippen LogP) is 3.68. The van der Waals surface area contributed by atoms with Crippen LogP contribution in [0.5, 0.6) is 0 Å². The molecule has 0 fully saturated rings. The second-order valence-corrected chi connectivity index (χ2v) is 6.66. The first-order chi connectivity index (χ1) is 10.9. The standard InChI is InChI=1S/C17H24NO4P/c1-3-7-13(14-8-5-4-6-9-14)10-11-15(17(19)20)16(12(2)18)23(21)22/h4-6,8-9,11,13,16,18,21-22H,3,7,10H2,1-2H3,(H,19,20). The van der Waals surface area contributed by atoms with E-state index in [1.165, 1.54) is 6.92 Å². The molecule has 1 aromatic carbocycles. The Balaban J connectivity index is 3.06. The average molecular weight is 337 g/mol. The SMILES string of the molecule is CCCC(CC=C(C(=O)O)C(C(C)=N)P(O)O)c1ccccc1. The molecule has 2 atom stereocenters. The molecule has 0 saturated carbocycles. The lowest BCUT2D eigenvalue weighted by Crippen LogP contribution is -2.23. The number of allylic oxidation sites excluding steroid dienone is 1. The van der Waals surface area contributed by atoms with Crippen molar-refractivity contribution in [1.82, 2.24) is 0 Å². The smallest absolute Gasteiger partial charge is 0.332 e. The largest absolute Gasteiger partial charge is 0.478 e. The zero-order valence-corrected chi connectivity index (χ0v) is 14.3. The summed E-state index contributed by atoms with van der Waals surface area (Å²) in [7, 11) is -2.54. The first kappa shape index (κ1) is 19.5. The summed E-state index contributed by atoms with van der Waals surface area (Å²) in [4.78, 5) is 30.4. The van der Waals surface area contributed by atoms with E-state index < -0.39 is 20.0 Å². The fourth-order valence-corrected chi connectivity index (χ4v) is 3.42. The molecule has 0 amide bonds. The van der Waals surface area contributed by atoms with Gasteiger partial charge in [0.2, 0.25) is 0 Å². The second kappa shape index (κ2) is 9.56. The highest BCUT2D eigenvalue weighted by atomic mass is 31.2. The first-order valence-electron chi connectivity index (χ1n) is 7.58. The van der Waals surface area contributed by atoms with Crippen molar-refractivity contribution in [3.8, 4) is 0 Å². The quantitative estimate of drug-likeness (QED) is 0.314. The molecule has 0 heterocycles. The molecule has 0 spiro atoms. The van der Waals surface area contributed by atoms with Crippen LogP contribution < -0.4 is 0 Å². The van der Waals surface area contributed by atoms with Gasteiger partial charge < -0.3 is 20.3 Å². The number of carboxylic acids is 1. The van der Waals surface area contributed by atoms with Crippen molar-refractivity contribution in [2.45, 2.75) is 44.7 Å². The number of aliphatic carboxylic acids is 1. The van der Waals surface area contributed by atoms with E-state index in [9.17, 15) is 19.7 Å². The zero-order valence-electron chi connectivity index (χ0n) is 13.4. The van der Waals surface area contributed by atoms with E-state index in [-0.39, 0.29) is 17.2 Å². The Bertz CT molecular complexity index is 557. The van der Waals surface area contributed by atoms with Crippen LogP contribution in [-0.4, -0.2) is 32.2 Å². The van der Waals surface area contributed by atoms with Crippen LogP contribution in [0.3, 0.4) is 0 Å². The number of carboxylic acid groups (broad SMARTS) is 1. The van der Waals surface area contributed by atoms with Crippen molar-refractivity contribution < 1.29 is 19.7 Å². The maximum Gasteiger partial charge on any atom is 0.332 e. The highest BCUT2D eigenvalue weighted by Gasteiger charge is 2.29. The number of carbonyl (C=O) groups is 1. The van der Waals surface area contributed by atoms with Gasteiger partial charge in [-0.05, 0) is 31.2 Å². The third-order valence-electron chi connectivity index (χ3n) is 3.71. The van der Waals surface area contributed by atoms with Gasteiger partial charge in [0.25, 0.3) is 0 Å². The molecule has 1 aromatic rings. The van der Waals surface area contributed by atoms with Crippen LogP contribution in [0.1, 0.15) is 44.6 Å². The number of hydrogen-bond acceptors (Lipinski definition) is 4. The molecule has 0 saturated heterocycles. The molecule has 0 aromatic heterocycles. The zero-order chi connectivity index (χ0) is 17.4. The Morgan fingerprint density at radius 2 is 1.91 bits per heavy atom. The number of benzene rings is 1. The molecule has 0 bridgehead atoms. The van der Waals surface area contributed by atoms with Gasteiger partial charge >= 0.3 is 5.97 Å². The van der Waals surface area contributed by atoms with Crippen LogP contribution in [0.2, 0.25) is 0 Å². The first-order valence-corrected chi connectivity index (χ1v) is 8.90. The Kier molecular flexibility index (Phi) is 8.10. The molecule has 1 rings (SSSR count). The minimum Gasteiger partial charge on any atom is -0.478 e. The van der Waals surface area contributed by atoms with E-state index in [1.807, 2.05) is 30.3 Å². The van der Waals surface area contributed by atoms with E-state index in [2.05, 4.69) is 6.92 Å². The van der Waals surface area contributed by atoms with Crippen LogP contribution in [0.25, 0.3) is 0 Å². The van der Waals surface area contributed by atoms with Crippen LogP contribution in [0, 0.1) is 5.41 Å².